The first-order chi connectivity index (χ1) is 11.5. The van der Waals surface area contributed by atoms with Gasteiger partial charge in [-0.05, 0) is 31.4 Å². The summed E-state index contributed by atoms with van der Waals surface area (Å²) in [6.07, 6.45) is 4.76. The standard InChI is InChI=1S/C19H28O4S/c1-4-6-7-15(5-2)13-23-19(22)10-11-24-18-9-8-16(14(3)20)12-17(18)21/h8-9,12,15,21H,4-7,10-11,13H2,1-3H3. The number of phenols is 1. The van der Waals surface area contributed by atoms with Crippen LogP contribution < -0.4 is 0 Å². The Kier molecular flexibility index (Phi) is 9.53. The number of thioether (sulfide) groups is 1. The summed E-state index contributed by atoms with van der Waals surface area (Å²) in [5, 5.41) is 9.91. The molecule has 0 aliphatic heterocycles. The molecule has 1 aromatic rings. The topological polar surface area (TPSA) is 63.6 Å². The Hall–Kier alpha value is -1.49. The number of rotatable bonds is 11. The highest BCUT2D eigenvalue weighted by Gasteiger charge is 2.11. The largest absolute Gasteiger partial charge is 0.507 e. The third-order valence-corrected chi connectivity index (χ3v) is 5.02. The fraction of sp³-hybridized carbons (Fsp3) is 0.579. The third kappa shape index (κ3) is 7.39. The maximum absolute atomic E-state index is 11.8. The van der Waals surface area contributed by atoms with Crippen molar-refractivity contribution >= 4 is 23.5 Å². The van der Waals surface area contributed by atoms with Gasteiger partial charge in [-0.25, -0.2) is 0 Å². The van der Waals surface area contributed by atoms with Crippen LogP contribution in [0.4, 0.5) is 0 Å². The normalized spacial score (nSPS) is 12.0. The lowest BCUT2D eigenvalue weighted by Crippen LogP contribution is -2.14. The second kappa shape index (κ2) is 11.1. The SMILES string of the molecule is CCCCC(CC)COC(=O)CCSc1ccc(C(C)=O)cc1O. The molecule has 0 radical (unpaired) electrons. The molecular weight excluding hydrogens is 324 g/mol. The summed E-state index contributed by atoms with van der Waals surface area (Å²) >= 11 is 1.39. The summed E-state index contributed by atoms with van der Waals surface area (Å²) in [7, 11) is 0. The van der Waals surface area contributed by atoms with Crippen molar-refractivity contribution in [1.82, 2.24) is 0 Å². The van der Waals surface area contributed by atoms with Crippen LogP contribution in [0.3, 0.4) is 0 Å². The first-order valence-electron chi connectivity index (χ1n) is 8.60. The molecule has 1 unspecified atom stereocenters. The number of benzene rings is 1. The molecule has 0 saturated heterocycles. The van der Waals surface area contributed by atoms with Crippen LogP contribution in [0.1, 0.15) is 63.2 Å². The Labute approximate surface area is 149 Å². The van der Waals surface area contributed by atoms with Gasteiger partial charge in [0.1, 0.15) is 5.75 Å². The number of Topliss-reactive ketones (excluding diaryl/α,β-unsaturated/α-hetero) is 1. The lowest BCUT2D eigenvalue weighted by Gasteiger charge is -2.14. The van der Waals surface area contributed by atoms with E-state index in [9.17, 15) is 14.7 Å². The van der Waals surface area contributed by atoms with Gasteiger partial charge in [0.15, 0.2) is 5.78 Å². The van der Waals surface area contributed by atoms with Crippen molar-refractivity contribution in [3.05, 3.63) is 23.8 Å². The second-order valence-electron chi connectivity index (χ2n) is 5.94. The van der Waals surface area contributed by atoms with E-state index in [1.807, 2.05) is 0 Å². The van der Waals surface area contributed by atoms with Crippen LogP contribution in [0.2, 0.25) is 0 Å². The van der Waals surface area contributed by atoms with Crippen LogP contribution in [0, 0.1) is 5.92 Å². The predicted molar refractivity (Wildman–Crippen MR) is 97.7 cm³/mol. The van der Waals surface area contributed by atoms with E-state index in [4.69, 9.17) is 4.74 Å². The van der Waals surface area contributed by atoms with Gasteiger partial charge in [-0.1, -0.05) is 39.2 Å². The highest BCUT2D eigenvalue weighted by atomic mass is 32.2. The van der Waals surface area contributed by atoms with Gasteiger partial charge < -0.3 is 9.84 Å². The van der Waals surface area contributed by atoms with E-state index in [1.54, 1.807) is 12.1 Å². The average molecular weight is 352 g/mol. The van der Waals surface area contributed by atoms with Gasteiger partial charge in [-0.2, -0.15) is 0 Å². The molecule has 5 heteroatoms. The second-order valence-corrected chi connectivity index (χ2v) is 7.07. The first-order valence-corrected chi connectivity index (χ1v) is 9.58. The van der Waals surface area contributed by atoms with Crippen LogP contribution in [-0.4, -0.2) is 29.2 Å². The van der Waals surface area contributed by atoms with Crippen molar-refractivity contribution in [3.63, 3.8) is 0 Å². The van der Waals surface area contributed by atoms with Crippen molar-refractivity contribution < 1.29 is 19.4 Å². The van der Waals surface area contributed by atoms with E-state index >= 15 is 0 Å². The molecular formula is C19H28O4S. The predicted octanol–water partition coefficient (Wildman–Crippen LogP) is 4.84. The highest BCUT2D eigenvalue weighted by Crippen LogP contribution is 2.29. The molecule has 0 aliphatic carbocycles. The monoisotopic (exact) mass is 352 g/mol. The molecule has 0 bridgehead atoms. The zero-order valence-corrected chi connectivity index (χ0v) is 15.7. The zero-order chi connectivity index (χ0) is 17.9. The molecule has 0 spiro atoms. The van der Waals surface area contributed by atoms with Crippen LogP contribution in [-0.2, 0) is 9.53 Å². The van der Waals surface area contributed by atoms with Gasteiger partial charge in [0, 0.05) is 16.2 Å². The molecule has 1 aromatic carbocycles. The number of carbonyl (C=O) groups is 2. The third-order valence-electron chi connectivity index (χ3n) is 3.95. The van der Waals surface area contributed by atoms with Crippen molar-refractivity contribution in [1.29, 1.82) is 0 Å². The van der Waals surface area contributed by atoms with Crippen LogP contribution in [0.5, 0.6) is 5.75 Å². The minimum absolute atomic E-state index is 0.0756. The minimum Gasteiger partial charge on any atom is -0.507 e. The van der Waals surface area contributed by atoms with E-state index in [1.165, 1.54) is 31.2 Å². The summed E-state index contributed by atoms with van der Waals surface area (Å²) in [5.41, 5.74) is 0.481. The maximum atomic E-state index is 11.8. The molecule has 24 heavy (non-hydrogen) atoms. The molecule has 0 amide bonds. The fourth-order valence-corrected chi connectivity index (χ4v) is 3.14. The summed E-state index contributed by atoms with van der Waals surface area (Å²) in [4.78, 5) is 23.7. The number of ketones is 1. The highest BCUT2D eigenvalue weighted by molar-refractivity contribution is 7.99. The number of unbranched alkanes of at least 4 members (excludes halogenated alkanes) is 1. The summed E-state index contributed by atoms with van der Waals surface area (Å²) < 4.78 is 5.35. The lowest BCUT2D eigenvalue weighted by atomic mass is 10.0. The quantitative estimate of drug-likeness (QED) is 0.351. The number of hydrogen-bond acceptors (Lipinski definition) is 5. The van der Waals surface area contributed by atoms with Gasteiger partial charge in [-0.15, -0.1) is 11.8 Å². The Balaban J connectivity index is 2.34. The molecule has 0 heterocycles. The van der Waals surface area contributed by atoms with Crippen molar-refractivity contribution in [2.75, 3.05) is 12.4 Å². The van der Waals surface area contributed by atoms with Crippen LogP contribution >= 0.6 is 11.8 Å². The van der Waals surface area contributed by atoms with E-state index in [0.717, 1.165) is 19.3 Å². The Morgan fingerprint density at radius 1 is 1.29 bits per heavy atom. The molecule has 134 valence electrons. The molecule has 1 atom stereocenters. The van der Waals surface area contributed by atoms with Crippen molar-refractivity contribution in [2.24, 2.45) is 5.92 Å². The van der Waals surface area contributed by atoms with E-state index in [0.29, 0.717) is 35.2 Å². The smallest absolute Gasteiger partial charge is 0.306 e. The number of phenolic OH excluding ortho intramolecular Hbond substituents is 1. The molecule has 0 saturated carbocycles. The number of esters is 1. The summed E-state index contributed by atoms with van der Waals surface area (Å²) in [6, 6.07) is 4.85. The number of hydrogen-bond donors (Lipinski definition) is 1. The average Bonchev–Trinajstić information content (AvgIpc) is 2.56. The first kappa shape index (κ1) is 20.6. The van der Waals surface area contributed by atoms with Gasteiger partial charge in [-0.3, -0.25) is 9.59 Å². The number of ether oxygens (including phenoxy) is 1. The molecule has 0 aliphatic rings. The van der Waals surface area contributed by atoms with E-state index < -0.39 is 0 Å². The zero-order valence-electron chi connectivity index (χ0n) is 14.8. The molecule has 1 N–H and O–H groups in total. The van der Waals surface area contributed by atoms with Crippen molar-refractivity contribution in [3.8, 4) is 5.75 Å². The van der Waals surface area contributed by atoms with E-state index in [-0.39, 0.29) is 17.5 Å². The van der Waals surface area contributed by atoms with Crippen molar-refractivity contribution in [2.45, 2.75) is 57.8 Å². The van der Waals surface area contributed by atoms with Gasteiger partial charge >= 0.3 is 5.97 Å². The van der Waals surface area contributed by atoms with Gasteiger partial charge in [0.25, 0.3) is 0 Å². The summed E-state index contributed by atoms with van der Waals surface area (Å²) in [6.45, 7) is 6.24. The number of aromatic hydroxyl groups is 1. The number of carbonyl (C=O) groups excluding carboxylic acids is 2. The Bertz CT molecular complexity index is 542. The minimum atomic E-state index is -0.197. The fourth-order valence-electron chi connectivity index (χ4n) is 2.28. The Morgan fingerprint density at radius 2 is 2.04 bits per heavy atom. The van der Waals surface area contributed by atoms with Crippen LogP contribution in [0.15, 0.2) is 23.1 Å². The molecule has 1 rings (SSSR count). The maximum Gasteiger partial charge on any atom is 0.306 e. The molecule has 4 nitrogen and oxygen atoms in total. The Morgan fingerprint density at radius 3 is 2.62 bits per heavy atom. The summed E-state index contributed by atoms with van der Waals surface area (Å²) in [5.74, 6) is 0.782. The van der Waals surface area contributed by atoms with Gasteiger partial charge in [0.05, 0.1) is 13.0 Å². The van der Waals surface area contributed by atoms with Crippen LogP contribution in [0.25, 0.3) is 0 Å². The molecule has 0 fully saturated rings. The van der Waals surface area contributed by atoms with E-state index in [2.05, 4.69) is 13.8 Å². The lowest BCUT2D eigenvalue weighted by molar-refractivity contribution is -0.144. The molecule has 0 aromatic heterocycles. The van der Waals surface area contributed by atoms with Gasteiger partial charge in [0.2, 0.25) is 0 Å².